The van der Waals surface area contributed by atoms with Crippen molar-refractivity contribution < 1.29 is 23.8 Å². The van der Waals surface area contributed by atoms with Crippen molar-refractivity contribution >= 4 is 11.8 Å². The minimum Gasteiger partial charge on any atom is -0.490 e. The van der Waals surface area contributed by atoms with E-state index in [1.807, 2.05) is 0 Å². The molecule has 7 heteroatoms. The van der Waals surface area contributed by atoms with Gasteiger partial charge in [0.2, 0.25) is 0 Å². The van der Waals surface area contributed by atoms with Crippen molar-refractivity contribution in [3.63, 3.8) is 0 Å². The first kappa shape index (κ1) is 18.3. The van der Waals surface area contributed by atoms with Crippen LogP contribution in [0.15, 0.2) is 48.5 Å². The number of primary amides is 2. The molecule has 4 N–H and O–H groups in total. The molecule has 132 valence electrons. The van der Waals surface area contributed by atoms with Gasteiger partial charge in [-0.25, -0.2) is 0 Å². The van der Waals surface area contributed by atoms with E-state index >= 15 is 0 Å². The molecule has 25 heavy (non-hydrogen) atoms. The molecule has 2 aromatic rings. The van der Waals surface area contributed by atoms with Crippen molar-refractivity contribution in [2.75, 3.05) is 26.4 Å². The lowest BCUT2D eigenvalue weighted by molar-refractivity contribution is 0.0752. The van der Waals surface area contributed by atoms with E-state index in [2.05, 4.69) is 0 Å². The van der Waals surface area contributed by atoms with Gasteiger partial charge in [0, 0.05) is 0 Å². The standard InChI is InChI=1S/C18H20N2O5/c19-17(21)13-5-1-3-7-15(13)24-11-9-23-10-12-25-16-8-4-2-6-14(16)18(20)22/h1-8H,9-12H2,(H2,19,21)(H2,20,22). The first-order valence-electron chi connectivity index (χ1n) is 7.70. The lowest BCUT2D eigenvalue weighted by Crippen LogP contribution is -2.16. The van der Waals surface area contributed by atoms with Crippen molar-refractivity contribution in [3.05, 3.63) is 59.7 Å². The summed E-state index contributed by atoms with van der Waals surface area (Å²) in [6.45, 7) is 1.16. The van der Waals surface area contributed by atoms with Gasteiger partial charge in [-0.05, 0) is 24.3 Å². The molecule has 0 atom stereocenters. The molecule has 2 aromatic carbocycles. The third-order valence-electron chi connectivity index (χ3n) is 3.28. The Labute approximate surface area is 145 Å². The number of carbonyl (C=O) groups excluding carboxylic acids is 2. The number of rotatable bonds is 10. The molecule has 0 bridgehead atoms. The number of ether oxygens (including phenoxy) is 3. The van der Waals surface area contributed by atoms with Crippen LogP contribution >= 0.6 is 0 Å². The first-order valence-corrected chi connectivity index (χ1v) is 7.70. The van der Waals surface area contributed by atoms with E-state index in [-0.39, 0.29) is 13.2 Å². The quantitative estimate of drug-likeness (QED) is 0.632. The monoisotopic (exact) mass is 344 g/mol. The minimum absolute atomic E-state index is 0.266. The van der Waals surface area contributed by atoms with Gasteiger partial charge in [-0.2, -0.15) is 0 Å². The van der Waals surface area contributed by atoms with Crippen LogP contribution in [-0.2, 0) is 4.74 Å². The average Bonchev–Trinajstić information content (AvgIpc) is 2.61. The van der Waals surface area contributed by atoms with E-state index in [1.165, 1.54) is 0 Å². The van der Waals surface area contributed by atoms with E-state index in [0.29, 0.717) is 35.8 Å². The van der Waals surface area contributed by atoms with E-state index in [9.17, 15) is 9.59 Å². The molecular weight excluding hydrogens is 324 g/mol. The summed E-state index contributed by atoms with van der Waals surface area (Å²) >= 11 is 0. The van der Waals surface area contributed by atoms with Gasteiger partial charge in [-0.1, -0.05) is 24.3 Å². The zero-order valence-electron chi connectivity index (χ0n) is 13.6. The summed E-state index contributed by atoms with van der Waals surface area (Å²) in [4.78, 5) is 22.5. The van der Waals surface area contributed by atoms with Crippen LogP contribution in [0.25, 0.3) is 0 Å². The zero-order valence-corrected chi connectivity index (χ0v) is 13.6. The van der Waals surface area contributed by atoms with Gasteiger partial charge in [0.25, 0.3) is 11.8 Å². The molecule has 0 spiro atoms. The first-order chi connectivity index (χ1) is 12.1. The van der Waals surface area contributed by atoms with E-state index in [1.54, 1.807) is 48.5 Å². The van der Waals surface area contributed by atoms with E-state index in [0.717, 1.165) is 0 Å². The Balaban J connectivity index is 1.68. The van der Waals surface area contributed by atoms with Crippen LogP contribution in [0.5, 0.6) is 11.5 Å². The van der Waals surface area contributed by atoms with Crippen LogP contribution in [0.2, 0.25) is 0 Å². The molecule has 0 aliphatic carbocycles. The fraction of sp³-hybridized carbons (Fsp3) is 0.222. The maximum absolute atomic E-state index is 11.3. The molecule has 0 aromatic heterocycles. The SMILES string of the molecule is NC(=O)c1ccccc1OCCOCCOc1ccccc1C(N)=O. The summed E-state index contributed by atoms with van der Waals surface area (Å²) in [7, 11) is 0. The third kappa shape index (κ3) is 5.50. The van der Waals surface area contributed by atoms with Crippen molar-refractivity contribution in [2.45, 2.75) is 0 Å². The van der Waals surface area contributed by atoms with E-state index < -0.39 is 11.8 Å². The third-order valence-corrected chi connectivity index (χ3v) is 3.28. The topological polar surface area (TPSA) is 114 Å². The van der Waals surface area contributed by atoms with Crippen LogP contribution in [0, 0.1) is 0 Å². The maximum Gasteiger partial charge on any atom is 0.252 e. The van der Waals surface area contributed by atoms with Crippen molar-refractivity contribution in [3.8, 4) is 11.5 Å². The Morgan fingerprint density at radius 2 is 1.08 bits per heavy atom. The molecule has 0 saturated carbocycles. The molecule has 0 fully saturated rings. The summed E-state index contributed by atoms with van der Waals surface area (Å²) in [5.74, 6) is -0.244. The molecule has 0 unspecified atom stereocenters. The Morgan fingerprint density at radius 1 is 0.680 bits per heavy atom. The predicted molar refractivity (Wildman–Crippen MR) is 91.7 cm³/mol. The zero-order chi connectivity index (χ0) is 18.1. The van der Waals surface area contributed by atoms with Crippen molar-refractivity contribution in [2.24, 2.45) is 11.5 Å². The number of nitrogens with two attached hydrogens (primary N) is 2. The second-order valence-electron chi connectivity index (χ2n) is 5.03. The lowest BCUT2D eigenvalue weighted by Gasteiger charge is -2.11. The average molecular weight is 344 g/mol. The van der Waals surface area contributed by atoms with Crippen LogP contribution in [0.4, 0.5) is 0 Å². The van der Waals surface area contributed by atoms with E-state index in [4.69, 9.17) is 25.7 Å². The Hall–Kier alpha value is -3.06. The molecule has 0 aliphatic rings. The number of carbonyl (C=O) groups is 2. The number of amides is 2. The van der Waals surface area contributed by atoms with Gasteiger partial charge in [-0.15, -0.1) is 0 Å². The molecule has 7 nitrogen and oxygen atoms in total. The summed E-state index contributed by atoms with van der Waals surface area (Å²) in [5, 5.41) is 0. The smallest absolute Gasteiger partial charge is 0.252 e. The Kier molecular flexibility index (Phi) is 6.79. The Morgan fingerprint density at radius 3 is 1.48 bits per heavy atom. The number of hydrogen-bond donors (Lipinski definition) is 2. The molecular formula is C18H20N2O5. The maximum atomic E-state index is 11.3. The van der Waals surface area contributed by atoms with Gasteiger partial charge in [-0.3, -0.25) is 9.59 Å². The molecule has 0 aliphatic heterocycles. The summed E-state index contributed by atoms with van der Waals surface area (Å²) in [6, 6.07) is 13.5. The highest BCUT2D eigenvalue weighted by atomic mass is 16.5. The highest BCUT2D eigenvalue weighted by Gasteiger charge is 2.09. The fourth-order valence-electron chi connectivity index (χ4n) is 2.12. The summed E-state index contributed by atoms with van der Waals surface area (Å²) < 4.78 is 16.4. The summed E-state index contributed by atoms with van der Waals surface area (Å²) in [5.41, 5.74) is 11.2. The van der Waals surface area contributed by atoms with Crippen LogP contribution in [0.3, 0.4) is 0 Å². The molecule has 0 heterocycles. The fourth-order valence-corrected chi connectivity index (χ4v) is 2.12. The van der Waals surface area contributed by atoms with Gasteiger partial charge in [0.15, 0.2) is 0 Å². The van der Waals surface area contributed by atoms with Gasteiger partial charge >= 0.3 is 0 Å². The minimum atomic E-state index is -0.543. The number of benzene rings is 2. The van der Waals surface area contributed by atoms with Crippen LogP contribution in [-0.4, -0.2) is 38.2 Å². The second-order valence-corrected chi connectivity index (χ2v) is 5.03. The van der Waals surface area contributed by atoms with Gasteiger partial charge in [0.05, 0.1) is 24.3 Å². The number of hydrogen-bond acceptors (Lipinski definition) is 5. The predicted octanol–water partition coefficient (Wildman–Crippen LogP) is 1.36. The van der Waals surface area contributed by atoms with Crippen LogP contribution < -0.4 is 20.9 Å². The van der Waals surface area contributed by atoms with Crippen LogP contribution in [0.1, 0.15) is 20.7 Å². The largest absolute Gasteiger partial charge is 0.490 e. The Bertz CT molecular complexity index is 671. The van der Waals surface area contributed by atoms with Gasteiger partial charge in [0.1, 0.15) is 24.7 Å². The van der Waals surface area contributed by atoms with Gasteiger partial charge < -0.3 is 25.7 Å². The molecule has 2 rings (SSSR count). The molecule has 0 radical (unpaired) electrons. The lowest BCUT2D eigenvalue weighted by atomic mass is 10.2. The van der Waals surface area contributed by atoms with Crippen molar-refractivity contribution in [1.82, 2.24) is 0 Å². The number of para-hydroxylation sites is 2. The normalized spacial score (nSPS) is 10.2. The second kappa shape index (κ2) is 9.29. The highest BCUT2D eigenvalue weighted by Crippen LogP contribution is 2.17. The molecule has 0 saturated heterocycles. The van der Waals surface area contributed by atoms with Crippen molar-refractivity contribution in [1.29, 1.82) is 0 Å². The summed E-state index contributed by atoms with van der Waals surface area (Å²) in [6.07, 6.45) is 0. The highest BCUT2D eigenvalue weighted by molar-refractivity contribution is 5.96. The molecule has 2 amide bonds.